The minimum atomic E-state index is -3.61. The summed E-state index contributed by atoms with van der Waals surface area (Å²) >= 11 is 11.8. The second kappa shape index (κ2) is 6.42. The number of anilines is 1. The van der Waals surface area contributed by atoms with Crippen molar-refractivity contribution in [3.8, 4) is 0 Å². The van der Waals surface area contributed by atoms with Gasteiger partial charge in [0.05, 0.1) is 27.0 Å². The van der Waals surface area contributed by atoms with Gasteiger partial charge in [0, 0.05) is 0 Å². The highest BCUT2D eigenvalue weighted by Gasteiger charge is 2.20. The maximum absolute atomic E-state index is 12.0. The average molecular weight is 354 g/mol. The number of hydrogen-bond acceptors (Lipinski definition) is 3. The van der Waals surface area contributed by atoms with Crippen LogP contribution in [0.5, 0.6) is 0 Å². The first-order valence-corrected chi connectivity index (χ1v) is 8.55. The molecule has 1 rings (SSSR count). The first-order valence-electron chi connectivity index (χ1n) is 6.14. The maximum atomic E-state index is 12.0. The predicted molar refractivity (Wildman–Crippen MR) is 84.9 cm³/mol. The quantitative estimate of drug-likeness (QED) is 0.841. The lowest BCUT2D eigenvalue weighted by Gasteiger charge is -2.18. The molecular weight excluding hydrogens is 337 g/mol. The Balaban J connectivity index is 3.00. The number of halogens is 2. The van der Waals surface area contributed by atoms with E-state index in [1.807, 2.05) is 20.8 Å². The number of sulfonamides is 1. The Kier molecular flexibility index (Phi) is 5.52. The second-order valence-electron chi connectivity index (χ2n) is 5.85. The Morgan fingerprint density at radius 3 is 2.10 bits per heavy atom. The van der Waals surface area contributed by atoms with Crippen LogP contribution in [0.2, 0.25) is 10.0 Å². The molecule has 0 saturated heterocycles. The summed E-state index contributed by atoms with van der Waals surface area (Å²) in [6.07, 6.45) is 0.463. The van der Waals surface area contributed by atoms with Crippen LogP contribution in [0, 0.1) is 5.41 Å². The first-order chi connectivity index (χ1) is 9.41. The molecule has 21 heavy (non-hydrogen) atoms. The number of aromatic carboxylic acids is 1. The van der Waals surface area contributed by atoms with Crippen LogP contribution in [-0.4, -0.2) is 25.2 Å². The lowest BCUT2D eigenvalue weighted by molar-refractivity contribution is 0.0697. The zero-order chi connectivity index (χ0) is 16.4. The van der Waals surface area contributed by atoms with Gasteiger partial charge in [-0.25, -0.2) is 13.2 Å². The second-order valence-corrected chi connectivity index (χ2v) is 8.51. The van der Waals surface area contributed by atoms with E-state index in [-0.39, 0.29) is 32.5 Å². The van der Waals surface area contributed by atoms with Gasteiger partial charge in [-0.2, -0.15) is 0 Å². The van der Waals surface area contributed by atoms with E-state index in [9.17, 15) is 13.2 Å². The summed E-state index contributed by atoms with van der Waals surface area (Å²) in [5.41, 5.74) is -0.241. The summed E-state index contributed by atoms with van der Waals surface area (Å²) in [7, 11) is -3.61. The summed E-state index contributed by atoms with van der Waals surface area (Å²) in [5.74, 6) is -1.27. The molecule has 2 N–H and O–H groups in total. The van der Waals surface area contributed by atoms with Crippen LogP contribution in [0.4, 0.5) is 5.69 Å². The summed E-state index contributed by atoms with van der Waals surface area (Å²) < 4.78 is 26.4. The fourth-order valence-electron chi connectivity index (χ4n) is 1.44. The van der Waals surface area contributed by atoms with Crippen molar-refractivity contribution in [2.75, 3.05) is 10.5 Å². The standard InChI is InChI=1S/C13H17Cl2NO4S/c1-13(2,3)4-5-21(19,20)16-11-9(14)6-8(12(17)18)7-10(11)15/h6-7,16H,4-5H2,1-3H3,(H,17,18). The number of nitrogens with one attached hydrogen (secondary N) is 1. The molecule has 0 aliphatic carbocycles. The van der Waals surface area contributed by atoms with E-state index in [0.717, 1.165) is 12.1 Å². The Morgan fingerprint density at radius 2 is 1.71 bits per heavy atom. The van der Waals surface area contributed by atoms with E-state index in [1.54, 1.807) is 0 Å². The van der Waals surface area contributed by atoms with Gasteiger partial charge in [-0.3, -0.25) is 4.72 Å². The highest BCUT2D eigenvalue weighted by molar-refractivity contribution is 7.92. The molecule has 8 heteroatoms. The van der Waals surface area contributed by atoms with E-state index in [0.29, 0.717) is 6.42 Å². The SMILES string of the molecule is CC(C)(C)CCS(=O)(=O)Nc1c(Cl)cc(C(=O)O)cc1Cl. The normalized spacial score (nSPS) is 12.2. The van der Waals surface area contributed by atoms with Crippen molar-refractivity contribution in [1.29, 1.82) is 0 Å². The smallest absolute Gasteiger partial charge is 0.335 e. The molecule has 0 bridgehead atoms. The van der Waals surface area contributed by atoms with Gasteiger partial charge in [-0.1, -0.05) is 44.0 Å². The third-order valence-electron chi connectivity index (χ3n) is 2.67. The molecule has 5 nitrogen and oxygen atoms in total. The third kappa shape index (κ3) is 5.73. The minimum Gasteiger partial charge on any atom is -0.478 e. The fourth-order valence-corrected chi connectivity index (χ4v) is 3.65. The van der Waals surface area contributed by atoms with Crippen LogP contribution >= 0.6 is 23.2 Å². The van der Waals surface area contributed by atoms with Crippen LogP contribution in [0.1, 0.15) is 37.6 Å². The predicted octanol–water partition coefficient (Wildman–Crippen LogP) is 3.87. The zero-order valence-electron chi connectivity index (χ0n) is 11.9. The van der Waals surface area contributed by atoms with Gasteiger partial charge in [0.15, 0.2) is 0 Å². The molecule has 0 aromatic heterocycles. The van der Waals surface area contributed by atoms with Crippen molar-refractivity contribution >= 4 is 44.9 Å². The molecule has 0 heterocycles. The highest BCUT2D eigenvalue weighted by atomic mass is 35.5. The van der Waals surface area contributed by atoms with E-state index in [1.165, 1.54) is 0 Å². The molecule has 0 radical (unpaired) electrons. The Morgan fingerprint density at radius 1 is 1.24 bits per heavy atom. The molecule has 0 fully saturated rings. The summed E-state index contributed by atoms with van der Waals surface area (Å²) in [5, 5.41) is 8.76. The summed E-state index contributed by atoms with van der Waals surface area (Å²) in [6, 6.07) is 2.30. The maximum Gasteiger partial charge on any atom is 0.335 e. The van der Waals surface area contributed by atoms with Crippen LogP contribution in [0.25, 0.3) is 0 Å². The van der Waals surface area contributed by atoms with Crippen molar-refractivity contribution in [2.45, 2.75) is 27.2 Å². The van der Waals surface area contributed by atoms with E-state index >= 15 is 0 Å². The molecule has 0 saturated carbocycles. The van der Waals surface area contributed by atoms with Gasteiger partial charge in [-0.15, -0.1) is 0 Å². The van der Waals surface area contributed by atoms with Crippen LogP contribution in [-0.2, 0) is 10.0 Å². The largest absolute Gasteiger partial charge is 0.478 e. The minimum absolute atomic E-state index is 0.00255. The average Bonchev–Trinajstić information content (AvgIpc) is 2.30. The molecule has 0 spiro atoms. The van der Waals surface area contributed by atoms with E-state index in [2.05, 4.69) is 4.72 Å². The lowest BCUT2D eigenvalue weighted by Crippen LogP contribution is -2.21. The molecule has 118 valence electrons. The third-order valence-corrected chi connectivity index (χ3v) is 4.52. The van der Waals surface area contributed by atoms with Crippen molar-refractivity contribution in [1.82, 2.24) is 0 Å². The summed E-state index contributed by atoms with van der Waals surface area (Å²) in [4.78, 5) is 10.9. The number of carbonyl (C=O) groups is 1. The molecule has 0 unspecified atom stereocenters. The van der Waals surface area contributed by atoms with Crippen LogP contribution in [0.3, 0.4) is 0 Å². The number of hydrogen-bond donors (Lipinski definition) is 2. The number of rotatable bonds is 5. The zero-order valence-corrected chi connectivity index (χ0v) is 14.2. The van der Waals surface area contributed by atoms with Gasteiger partial charge in [0.1, 0.15) is 0 Å². The molecule has 0 atom stereocenters. The van der Waals surface area contributed by atoms with Crippen molar-refractivity contribution in [2.24, 2.45) is 5.41 Å². The fraction of sp³-hybridized carbons (Fsp3) is 0.462. The molecule has 0 amide bonds. The van der Waals surface area contributed by atoms with E-state index < -0.39 is 16.0 Å². The lowest BCUT2D eigenvalue weighted by atomic mass is 9.94. The molecule has 1 aromatic rings. The number of carboxylic acids is 1. The number of benzene rings is 1. The summed E-state index contributed by atoms with van der Waals surface area (Å²) in [6.45, 7) is 5.80. The Hall–Kier alpha value is -0.980. The van der Waals surface area contributed by atoms with Gasteiger partial charge in [0.25, 0.3) is 0 Å². The molecule has 0 aliphatic heterocycles. The molecule has 0 aliphatic rings. The highest BCUT2D eigenvalue weighted by Crippen LogP contribution is 2.33. The Labute approximate surface area is 134 Å². The van der Waals surface area contributed by atoms with Gasteiger partial charge in [-0.05, 0) is 24.0 Å². The van der Waals surface area contributed by atoms with Crippen molar-refractivity contribution in [3.63, 3.8) is 0 Å². The van der Waals surface area contributed by atoms with Crippen molar-refractivity contribution < 1.29 is 18.3 Å². The van der Waals surface area contributed by atoms with Gasteiger partial charge in [0.2, 0.25) is 10.0 Å². The van der Waals surface area contributed by atoms with Gasteiger partial charge < -0.3 is 5.11 Å². The first kappa shape index (κ1) is 18.1. The van der Waals surface area contributed by atoms with Crippen molar-refractivity contribution in [3.05, 3.63) is 27.7 Å². The van der Waals surface area contributed by atoms with Gasteiger partial charge >= 0.3 is 5.97 Å². The molecular formula is C13H17Cl2NO4S. The van der Waals surface area contributed by atoms with Crippen LogP contribution < -0.4 is 4.72 Å². The van der Waals surface area contributed by atoms with E-state index in [4.69, 9.17) is 28.3 Å². The number of carboxylic acid groups (broad SMARTS) is 1. The topological polar surface area (TPSA) is 83.5 Å². The monoisotopic (exact) mass is 353 g/mol. The molecule has 1 aromatic carbocycles. The Bertz CT molecular complexity index is 628. The van der Waals surface area contributed by atoms with Crippen LogP contribution in [0.15, 0.2) is 12.1 Å².